The zero-order chi connectivity index (χ0) is 26.4. The number of benzene rings is 3. The van der Waals surface area contributed by atoms with Gasteiger partial charge in [-0.3, -0.25) is 4.79 Å². The number of hydrogen-bond donors (Lipinski definition) is 1. The number of hydrogen-bond acceptors (Lipinski definition) is 2. The van der Waals surface area contributed by atoms with E-state index < -0.39 is 0 Å². The van der Waals surface area contributed by atoms with E-state index in [0.29, 0.717) is 13.0 Å². The van der Waals surface area contributed by atoms with Crippen LogP contribution in [0, 0.1) is 0 Å². The van der Waals surface area contributed by atoms with Crippen LogP contribution in [0.4, 0.5) is 0 Å². The van der Waals surface area contributed by atoms with E-state index >= 15 is 0 Å². The first-order chi connectivity index (χ1) is 18.7. The fourth-order valence-corrected chi connectivity index (χ4v) is 5.15. The Hall–Kier alpha value is -3.40. The van der Waals surface area contributed by atoms with E-state index in [4.69, 9.17) is 4.98 Å². The molecule has 1 heterocycles. The van der Waals surface area contributed by atoms with E-state index in [1.54, 1.807) is 0 Å². The van der Waals surface area contributed by atoms with E-state index in [9.17, 15) is 4.79 Å². The van der Waals surface area contributed by atoms with Crippen molar-refractivity contribution in [3.8, 4) is 11.1 Å². The van der Waals surface area contributed by atoms with Crippen LogP contribution >= 0.6 is 0 Å². The maximum atomic E-state index is 12.6. The lowest BCUT2D eigenvalue weighted by molar-refractivity contribution is -0.120. The van der Waals surface area contributed by atoms with Gasteiger partial charge in [0.2, 0.25) is 5.91 Å². The van der Waals surface area contributed by atoms with Crippen LogP contribution in [0.25, 0.3) is 22.2 Å². The van der Waals surface area contributed by atoms with Crippen molar-refractivity contribution in [3.63, 3.8) is 0 Å². The minimum absolute atomic E-state index is 0.0547. The third kappa shape index (κ3) is 8.31. The molecular weight excluding hydrogens is 466 g/mol. The van der Waals surface area contributed by atoms with E-state index in [1.165, 1.54) is 74.4 Å². The maximum absolute atomic E-state index is 12.6. The normalized spacial score (nSPS) is 11.2. The molecule has 0 atom stereocenters. The molecule has 38 heavy (non-hydrogen) atoms. The second-order valence-corrected chi connectivity index (χ2v) is 10.3. The molecule has 4 heteroatoms. The number of para-hydroxylation sites is 2. The van der Waals surface area contributed by atoms with E-state index in [1.807, 2.05) is 36.4 Å². The predicted molar refractivity (Wildman–Crippen MR) is 159 cm³/mol. The van der Waals surface area contributed by atoms with Gasteiger partial charge in [-0.1, -0.05) is 125 Å². The zero-order valence-corrected chi connectivity index (χ0v) is 23.0. The number of imidazole rings is 1. The van der Waals surface area contributed by atoms with E-state index in [2.05, 4.69) is 59.3 Å². The highest BCUT2D eigenvalue weighted by Crippen LogP contribution is 2.20. The number of nitrogens with one attached hydrogen (secondary N) is 1. The Bertz CT molecular complexity index is 1240. The van der Waals surface area contributed by atoms with Gasteiger partial charge < -0.3 is 9.88 Å². The van der Waals surface area contributed by atoms with Crippen molar-refractivity contribution in [2.24, 2.45) is 0 Å². The molecule has 0 spiro atoms. The monoisotopic (exact) mass is 509 g/mol. The molecule has 0 saturated carbocycles. The lowest BCUT2D eigenvalue weighted by Crippen LogP contribution is -2.28. The Labute approximate surface area is 228 Å². The Kier molecular flexibility index (Phi) is 11.0. The van der Waals surface area contributed by atoms with Crippen LogP contribution < -0.4 is 5.32 Å². The average Bonchev–Trinajstić information content (AvgIpc) is 3.30. The summed E-state index contributed by atoms with van der Waals surface area (Å²) in [5, 5.41) is 3.11. The van der Waals surface area contributed by atoms with Crippen molar-refractivity contribution in [2.75, 3.05) is 6.54 Å². The molecule has 200 valence electrons. The number of carbonyl (C=O) groups is 1. The largest absolute Gasteiger partial charge is 0.355 e. The maximum Gasteiger partial charge on any atom is 0.224 e. The quantitative estimate of drug-likeness (QED) is 0.155. The van der Waals surface area contributed by atoms with Crippen molar-refractivity contribution < 1.29 is 4.79 Å². The van der Waals surface area contributed by atoms with Crippen molar-refractivity contribution in [1.82, 2.24) is 14.9 Å². The van der Waals surface area contributed by atoms with Crippen molar-refractivity contribution in [2.45, 2.75) is 84.1 Å². The highest BCUT2D eigenvalue weighted by Gasteiger charge is 2.11. The molecule has 1 aromatic heterocycles. The fourth-order valence-electron chi connectivity index (χ4n) is 5.15. The summed E-state index contributed by atoms with van der Waals surface area (Å²) < 4.78 is 2.37. The van der Waals surface area contributed by atoms with Gasteiger partial charge in [0.25, 0.3) is 0 Å². The smallest absolute Gasteiger partial charge is 0.224 e. The summed E-state index contributed by atoms with van der Waals surface area (Å²) >= 11 is 0. The van der Waals surface area contributed by atoms with Crippen LogP contribution in [0.5, 0.6) is 0 Å². The van der Waals surface area contributed by atoms with Gasteiger partial charge in [-0.15, -0.1) is 0 Å². The molecular formula is C34H43N3O. The number of amides is 1. The summed E-state index contributed by atoms with van der Waals surface area (Å²) in [5.41, 5.74) is 5.63. The second kappa shape index (κ2) is 15.1. The molecule has 0 unspecified atom stereocenters. The van der Waals surface area contributed by atoms with Gasteiger partial charge in [0.05, 0.1) is 17.5 Å². The van der Waals surface area contributed by atoms with Gasteiger partial charge in [0.15, 0.2) is 0 Å². The summed E-state index contributed by atoms with van der Waals surface area (Å²) in [6, 6.07) is 27.0. The molecule has 0 radical (unpaired) electrons. The Morgan fingerprint density at radius 2 is 1.37 bits per heavy atom. The molecule has 0 bridgehead atoms. The van der Waals surface area contributed by atoms with Crippen LogP contribution in [0.15, 0.2) is 78.9 Å². The number of unbranched alkanes of at least 4 members (excludes halogenated alkanes) is 8. The molecule has 1 N–H and O–H groups in total. The lowest BCUT2D eigenvalue weighted by Gasteiger charge is -2.10. The van der Waals surface area contributed by atoms with Gasteiger partial charge in [0, 0.05) is 19.5 Å². The Morgan fingerprint density at radius 3 is 2.11 bits per heavy atom. The van der Waals surface area contributed by atoms with Crippen LogP contribution in [-0.2, 0) is 24.2 Å². The Morgan fingerprint density at radius 1 is 0.737 bits per heavy atom. The summed E-state index contributed by atoms with van der Waals surface area (Å²) in [7, 11) is 0. The SMILES string of the molecule is CCCCCCCCCCCn1c(CCNC(=O)Cc2ccc(-c3ccccc3)cc2)nc2ccccc21. The number of aryl methyl sites for hydroxylation is 1. The van der Waals surface area contributed by atoms with Gasteiger partial charge in [0.1, 0.15) is 5.82 Å². The van der Waals surface area contributed by atoms with Crippen molar-refractivity contribution in [1.29, 1.82) is 0 Å². The topological polar surface area (TPSA) is 46.9 Å². The van der Waals surface area contributed by atoms with E-state index in [0.717, 1.165) is 29.9 Å². The van der Waals surface area contributed by atoms with Crippen LogP contribution in [0.1, 0.15) is 76.1 Å². The van der Waals surface area contributed by atoms with E-state index in [-0.39, 0.29) is 5.91 Å². The zero-order valence-electron chi connectivity index (χ0n) is 23.0. The highest BCUT2D eigenvalue weighted by atomic mass is 16.1. The first-order valence-corrected chi connectivity index (χ1v) is 14.6. The first-order valence-electron chi connectivity index (χ1n) is 14.6. The van der Waals surface area contributed by atoms with Crippen LogP contribution in [-0.4, -0.2) is 22.0 Å². The van der Waals surface area contributed by atoms with Crippen LogP contribution in [0.2, 0.25) is 0 Å². The van der Waals surface area contributed by atoms with Crippen molar-refractivity contribution in [3.05, 3.63) is 90.3 Å². The molecule has 0 saturated heterocycles. The molecule has 0 fully saturated rings. The first kappa shape index (κ1) is 27.6. The summed E-state index contributed by atoms with van der Waals surface area (Å²) in [6.45, 7) is 3.86. The molecule has 4 rings (SSSR count). The predicted octanol–water partition coefficient (Wildman–Crippen LogP) is 8.14. The standard InChI is InChI=1S/C34H43N3O/c1-2-3-4-5-6-7-8-9-15-26-37-32-19-14-13-18-31(32)36-33(37)24-25-35-34(38)27-28-20-22-30(23-21-28)29-16-11-10-12-17-29/h10-14,16-23H,2-9,15,24-27H2,1H3,(H,35,38). The highest BCUT2D eigenvalue weighted by molar-refractivity contribution is 5.79. The molecule has 0 aliphatic heterocycles. The number of carbonyl (C=O) groups excluding carboxylic acids is 1. The fraction of sp³-hybridized carbons (Fsp3) is 0.412. The molecule has 4 aromatic rings. The average molecular weight is 510 g/mol. The number of fused-ring (bicyclic) bond motifs is 1. The number of aromatic nitrogens is 2. The number of nitrogens with zero attached hydrogens (tertiary/aromatic N) is 2. The van der Waals surface area contributed by atoms with Gasteiger partial charge in [-0.25, -0.2) is 4.98 Å². The minimum atomic E-state index is 0.0547. The minimum Gasteiger partial charge on any atom is -0.355 e. The molecule has 1 amide bonds. The third-order valence-electron chi connectivity index (χ3n) is 7.32. The van der Waals surface area contributed by atoms with Gasteiger partial charge in [-0.2, -0.15) is 0 Å². The van der Waals surface area contributed by atoms with Crippen molar-refractivity contribution >= 4 is 16.9 Å². The van der Waals surface area contributed by atoms with Gasteiger partial charge >= 0.3 is 0 Å². The number of rotatable bonds is 16. The summed E-state index contributed by atoms with van der Waals surface area (Å²) in [6.07, 6.45) is 13.1. The molecule has 4 nitrogen and oxygen atoms in total. The molecule has 0 aliphatic carbocycles. The second-order valence-electron chi connectivity index (χ2n) is 10.3. The Balaban J connectivity index is 1.23. The lowest BCUT2D eigenvalue weighted by atomic mass is 10.0. The summed E-state index contributed by atoms with van der Waals surface area (Å²) in [4.78, 5) is 17.5. The molecule has 0 aliphatic rings. The van der Waals surface area contributed by atoms with Gasteiger partial charge in [-0.05, 0) is 35.2 Å². The third-order valence-corrected chi connectivity index (χ3v) is 7.32. The van der Waals surface area contributed by atoms with Crippen LogP contribution in [0.3, 0.4) is 0 Å². The summed E-state index contributed by atoms with van der Waals surface area (Å²) in [5.74, 6) is 1.12. The molecule has 3 aromatic carbocycles.